The summed E-state index contributed by atoms with van der Waals surface area (Å²) in [5.74, 6) is -1.68. The van der Waals surface area contributed by atoms with Gasteiger partial charge in [-0.05, 0) is 12.1 Å². The van der Waals surface area contributed by atoms with Crippen LogP contribution < -0.4 is 9.64 Å². The van der Waals surface area contributed by atoms with Crippen LogP contribution in [-0.2, 0) is 14.3 Å². The lowest BCUT2D eigenvalue weighted by Gasteiger charge is -2.38. The van der Waals surface area contributed by atoms with Gasteiger partial charge >= 0.3 is 5.97 Å². The number of carbonyl (C=O) groups excluding carboxylic acids is 1. The molecule has 0 aliphatic carbocycles. The van der Waals surface area contributed by atoms with Crippen LogP contribution in [0.25, 0.3) is 0 Å². The summed E-state index contributed by atoms with van der Waals surface area (Å²) in [5, 5.41) is 9.49. The van der Waals surface area contributed by atoms with Gasteiger partial charge in [-0.25, -0.2) is 0 Å². The van der Waals surface area contributed by atoms with E-state index >= 15 is 0 Å². The average molecular weight is 358 g/mol. The fourth-order valence-electron chi connectivity index (χ4n) is 4.17. The van der Waals surface area contributed by atoms with Crippen molar-refractivity contribution >= 4 is 17.6 Å². The van der Waals surface area contributed by atoms with Gasteiger partial charge in [0.2, 0.25) is 5.91 Å². The number of ether oxygens (including phenoxy) is 2. The molecule has 4 atom stereocenters. The average Bonchev–Trinajstić information content (AvgIpc) is 3.29. The van der Waals surface area contributed by atoms with Crippen LogP contribution in [0.2, 0.25) is 0 Å². The molecular weight excluding hydrogens is 336 g/mol. The molecular formula is C19H22N2O5. The zero-order chi connectivity index (χ0) is 18.3. The largest absolute Gasteiger partial charge is 0.495 e. The standard InChI is InChI=1S/C19H22N2O5/c1-25-13-5-3-2-4-12(13)20-8-10-21(11-9-20)18(22)16-14-6-7-15(26-14)17(16)19(23)24/h2-7,14-17H,8-11H2,1H3,(H,23,24)/t14-,15+,16+,17+/m1/s1. The Balaban J connectivity index is 1.44. The molecule has 1 amide bonds. The van der Waals surface area contributed by atoms with Crippen molar-refractivity contribution in [1.29, 1.82) is 0 Å². The van der Waals surface area contributed by atoms with Crippen LogP contribution in [0.3, 0.4) is 0 Å². The fraction of sp³-hybridized carbons (Fsp3) is 0.474. The second-order valence-corrected chi connectivity index (χ2v) is 6.82. The number of aliphatic carboxylic acids is 1. The second kappa shape index (κ2) is 6.64. The maximum atomic E-state index is 13.0. The van der Waals surface area contributed by atoms with E-state index in [0.717, 1.165) is 11.4 Å². The van der Waals surface area contributed by atoms with Gasteiger partial charge in [-0.2, -0.15) is 0 Å². The molecule has 2 fully saturated rings. The molecule has 1 aromatic rings. The molecule has 3 heterocycles. The van der Waals surface area contributed by atoms with Crippen LogP contribution in [0.15, 0.2) is 36.4 Å². The predicted molar refractivity (Wildman–Crippen MR) is 94.2 cm³/mol. The summed E-state index contributed by atoms with van der Waals surface area (Å²) in [6.07, 6.45) is 2.67. The fourth-order valence-corrected chi connectivity index (χ4v) is 4.17. The van der Waals surface area contributed by atoms with Gasteiger partial charge in [-0.15, -0.1) is 0 Å². The third-order valence-electron chi connectivity index (χ3n) is 5.49. The van der Waals surface area contributed by atoms with E-state index in [4.69, 9.17) is 9.47 Å². The van der Waals surface area contributed by atoms with E-state index in [2.05, 4.69) is 4.90 Å². The molecule has 1 aromatic carbocycles. The molecule has 7 nitrogen and oxygen atoms in total. The second-order valence-electron chi connectivity index (χ2n) is 6.82. The Kier molecular flexibility index (Phi) is 4.32. The smallest absolute Gasteiger partial charge is 0.310 e. The molecule has 138 valence electrons. The molecule has 3 aliphatic heterocycles. The summed E-state index contributed by atoms with van der Waals surface area (Å²) >= 11 is 0. The summed E-state index contributed by atoms with van der Waals surface area (Å²) in [4.78, 5) is 28.5. The molecule has 2 saturated heterocycles. The Morgan fingerprint density at radius 1 is 1.08 bits per heavy atom. The number of nitrogens with zero attached hydrogens (tertiary/aromatic N) is 2. The number of fused-ring (bicyclic) bond motifs is 2. The Labute approximate surface area is 151 Å². The minimum absolute atomic E-state index is 0.117. The van der Waals surface area contributed by atoms with Crippen LogP contribution >= 0.6 is 0 Å². The number of carbonyl (C=O) groups is 2. The Hall–Kier alpha value is -2.54. The first-order valence-corrected chi connectivity index (χ1v) is 8.83. The zero-order valence-electron chi connectivity index (χ0n) is 14.6. The molecule has 1 N–H and O–H groups in total. The highest BCUT2D eigenvalue weighted by molar-refractivity contribution is 5.87. The quantitative estimate of drug-likeness (QED) is 0.809. The van der Waals surface area contributed by atoms with E-state index < -0.39 is 30.0 Å². The minimum Gasteiger partial charge on any atom is -0.495 e. The van der Waals surface area contributed by atoms with Crippen LogP contribution in [0.4, 0.5) is 5.69 Å². The van der Waals surface area contributed by atoms with Gasteiger partial charge in [0.05, 0.1) is 30.9 Å². The monoisotopic (exact) mass is 358 g/mol. The van der Waals surface area contributed by atoms with Crippen molar-refractivity contribution in [1.82, 2.24) is 4.90 Å². The SMILES string of the molecule is COc1ccccc1N1CCN(C(=O)[C@@H]2[C@@H](C(=O)O)[C@@H]3C=C[C@H]2O3)CC1. The number of hydrogen-bond acceptors (Lipinski definition) is 5. The number of carboxylic acid groups (broad SMARTS) is 1. The van der Waals surface area contributed by atoms with Crippen molar-refractivity contribution in [2.24, 2.45) is 11.8 Å². The number of amides is 1. The van der Waals surface area contributed by atoms with Crippen LogP contribution in [0, 0.1) is 11.8 Å². The molecule has 0 unspecified atom stereocenters. The number of piperazine rings is 1. The maximum absolute atomic E-state index is 13.0. The van der Waals surface area contributed by atoms with Crippen molar-refractivity contribution in [3.63, 3.8) is 0 Å². The topological polar surface area (TPSA) is 79.3 Å². The highest BCUT2D eigenvalue weighted by atomic mass is 16.5. The molecule has 2 bridgehead atoms. The lowest BCUT2D eigenvalue weighted by Crippen LogP contribution is -2.53. The Bertz CT molecular complexity index is 741. The molecule has 7 heteroatoms. The summed E-state index contributed by atoms with van der Waals surface area (Å²) < 4.78 is 11.0. The van der Waals surface area contributed by atoms with Crippen LogP contribution in [-0.4, -0.2) is 67.4 Å². The van der Waals surface area contributed by atoms with E-state index in [9.17, 15) is 14.7 Å². The number of para-hydroxylation sites is 2. The van der Waals surface area contributed by atoms with Crippen molar-refractivity contribution in [2.75, 3.05) is 38.2 Å². The van der Waals surface area contributed by atoms with Gasteiger partial charge in [-0.3, -0.25) is 9.59 Å². The minimum atomic E-state index is -0.965. The summed E-state index contributed by atoms with van der Waals surface area (Å²) in [6.45, 7) is 2.48. The zero-order valence-corrected chi connectivity index (χ0v) is 14.6. The van der Waals surface area contributed by atoms with E-state index in [1.807, 2.05) is 30.3 Å². The summed E-state index contributed by atoms with van der Waals surface area (Å²) in [5.41, 5.74) is 1.01. The first-order valence-electron chi connectivity index (χ1n) is 8.83. The van der Waals surface area contributed by atoms with Crippen molar-refractivity contribution in [3.8, 4) is 5.75 Å². The number of hydrogen-bond donors (Lipinski definition) is 1. The number of rotatable bonds is 4. The van der Waals surface area contributed by atoms with E-state index in [0.29, 0.717) is 26.2 Å². The van der Waals surface area contributed by atoms with Gasteiger partial charge in [0.25, 0.3) is 0 Å². The van der Waals surface area contributed by atoms with Gasteiger partial charge in [0.15, 0.2) is 0 Å². The molecule has 0 radical (unpaired) electrons. The van der Waals surface area contributed by atoms with E-state index in [1.54, 1.807) is 18.1 Å². The molecule has 0 saturated carbocycles. The molecule has 26 heavy (non-hydrogen) atoms. The first kappa shape index (κ1) is 16.9. The van der Waals surface area contributed by atoms with Gasteiger partial charge < -0.3 is 24.4 Å². The van der Waals surface area contributed by atoms with E-state index in [-0.39, 0.29) is 5.91 Å². The highest BCUT2D eigenvalue weighted by Gasteiger charge is 2.54. The maximum Gasteiger partial charge on any atom is 0.310 e. The number of anilines is 1. The third kappa shape index (κ3) is 2.72. The van der Waals surface area contributed by atoms with Gasteiger partial charge in [0, 0.05) is 26.2 Å². The summed E-state index contributed by atoms with van der Waals surface area (Å²) in [7, 11) is 1.65. The lowest BCUT2D eigenvalue weighted by molar-refractivity contribution is -0.149. The molecule has 0 spiro atoms. The van der Waals surface area contributed by atoms with Crippen molar-refractivity contribution < 1.29 is 24.2 Å². The van der Waals surface area contributed by atoms with Crippen LogP contribution in [0.5, 0.6) is 5.75 Å². The Morgan fingerprint density at radius 2 is 1.73 bits per heavy atom. The number of methoxy groups -OCH3 is 1. The summed E-state index contributed by atoms with van der Waals surface area (Å²) in [6, 6.07) is 7.82. The molecule has 0 aromatic heterocycles. The Morgan fingerprint density at radius 3 is 2.38 bits per heavy atom. The van der Waals surface area contributed by atoms with Crippen molar-refractivity contribution in [2.45, 2.75) is 12.2 Å². The number of carboxylic acids is 1. The number of benzene rings is 1. The van der Waals surface area contributed by atoms with Gasteiger partial charge in [0.1, 0.15) is 11.7 Å². The van der Waals surface area contributed by atoms with Crippen LogP contribution in [0.1, 0.15) is 0 Å². The molecule has 3 aliphatic rings. The normalized spacial score (nSPS) is 29.9. The lowest BCUT2D eigenvalue weighted by atomic mass is 9.82. The first-order chi connectivity index (χ1) is 12.6. The highest BCUT2D eigenvalue weighted by Crippen LogP contribution is 2.40. The molecule has 4 rings (SSSR count). The predicted octanol–water partition coefficient (Wildman–Crippen LogP) is 0.998. The van der Waals surface area contributed by atoms with Crippen molar-refractivity contribution in [3.05, 3.63) is 36.4 Å². The third-order valence-corrected chi connectivity index (χ3v) is 5.49. The van der Waals surface area contributed by atoms with E-state index in [1.165, 1.54) is 0 Å². The van der Waals surface area contributed by atoms with Gasteiger partial charge in [-0.1, -0.05) is 24.3 Å².